The van der Waals surface area contributed by atoms with Gasteiger partial charge in [0, 0.05) is 12.6 Å². The van der Waals surface area contributed by atoms with Crippen molar-refractivity contribution in [3.8, 4) is 0 Å². The normalized spacial score (nSPS) is 12.3. The molecule has 0 aromatic heterocycles. The summed E-state index contributed by atoms with van der Waals surface area (Å²) in [6.07, 6.45) is 2.12. The maximum Gasteiger partial charge on any atom is 0.244 e. The first-order valence-electron chi connectivity index (χ1n) is 11.7. The minimum absolute atomic E-state index is 0.0820. The highest BCUT2D eigenvalue weighted by atomic mass is 32.2. The molecule has 0 bridgehead atoms. The average molecular weight is 488 g/mol. The summed E-state index contributed by atoms with van der Waals surface area (Å²) in [6.45, 7) is 9.31. The van der Waals surface area contributed by atoms with Gasteiger partial charge in [0.1, 0.15) is 12.6 Å². The average Bonchev–Trinajstić information content (AvgIpc) is 2.76. The molecule has 34 heavy (non-hydrogen) atoms. The van der Waals surface area contributed by atoms with Crippen molar-refractivity contribution in [2.45, 2.75) is 66.1 Å². The van der Waals surface area contributed by atoms with Crippen molar-refractivity contribution in [2.75, 3.05) is 17.1 Å². The summed E-state index contributed by atoms with van der Waals surface area (Å²) < 4.78 is 26.7. The highest BCUT2D eigenvalue weighted by molar-refractivity contribution is 7.92. The molecule has 0 spiro atoms. The van der Waals surface area contributed by atoms with Crippen LogP contribution in [0.2, 0.25) is 0 Å². The van der Waals surface area contributed by atoms with Gasteiger partial charge in [0.15, 0.2) is 0 Å². The van der Waals surface area contributed by atoms with Gasteiger partial charge in [0.25, 0.3) is 0 Å². The van der Waals surface area contributed by atoms with Crippen molar-refractivity contribution in [3.05, 3.63) is 65.2 Å². The molecule has 2 aromatic rings. The highest BCUT2D eigenvalue weighted by Crippen LogP contribution is 2.24. The third-order valence-electron chi connectivity index (χ3n) is 5.57. The monoisotopic (exact) mass is 487 g/mol. The second-order valence-corrected chi connectivity index (χ2v) is 10.8. The topological polar surface area (TPSA) is 86.8 Å². The van der Waals surface area contributed by atoms with Crippen molar-refractivity contribution in [2.24, 2.45) is 0 Å². The van der Waals surface area contributed by atoms with Crippen LogP contribution in [0.1, 0.15) is 50.8 Å². The molecule has 0 heterocycles. The lowest BCUT2D eigenvalue weighted by Gasteiger charge is -2.33. The Morgan fingerprint density at radius 2 is 1.71 bits per heavy atom. The zero-order chi connectivity index (χ0) is 25.5. The van der Waals surface area contributed by atoms with Crippen LogP contribution in [0.5, 0.6) is 0 Å². The number of para-hydroxylation sites is 1. The van der Waals surface area contributed by atoms with Gasteiger partial charge in [0.2, 0.25) is 21.8 Å². The van der Waals surface area contributed by atoms with Crippen LogP contribution in [0.15, 0.2) is 48.5 Å². The van der Waals surface area contributed by atoms with Crippen LogP contribution in [0.25, 0.3) is 0 Å². The summed E-state index contributed by atoms with van der Waals surface area (Å²) in [5, 5.41) is 2.90. The molecular weight excluding hydrogens is 450 g/mol. The molecule has 2 aromatic carbocycles. The summed E-state index contributed by atoms with van der Waals surface area (Å²) in [5.74, 6) is -0.679. The van der Waals surface area contributed by atoms with Gasteiger partial charge in [-0.25, -0.2) is 8.42 Å². The van der Waals surface area contributed by atoms with Crippen LogP contribution in [-0.2, 0) is 32.6 Å². The Kier molecular flexibility index (Phi) is 9.67. The number of sulfonamides is 1. The molecule has 8 heteroatoms. The number of hydrogen-bond acceptors (Lipinski definition) is 4. The smallest absolute Gasteiger partial charge is 0.244 e. The van der Waals surface area contributed by atoms with Crippen molar-refractivity contribution in [1.82, 2.24) is 10.2 Å². The van der Waals surface area contributed by atoms with E-state index in [2.05, 4.69) is 5.32 Å². The molecule has 0 saturated heterocycles. The van der Waals surface area contributed by atoms with Crippen molar-refractivity contribution in [3.63, 3.8) is 0 Å². The third-order valence-corrected chi connectivity index (χ3v) is 6.70. The second-order valence-electron chi connectivity index (χ2n) is 8.85. The number of carbonyl (C=O) groups excluding carboxylic acids is 2. The number of benzene rings is 2. The van der Waals surface area contributed by atoms with Gasteiger partial charge in [0.05, 0.1) is 11.9 Å². The Morgan fingerprint density at radius 1 is 1.03 bits per heavy atom. The Labute approximate surface area is 204 Å². The Bertz CT molecular complexity index is 1100. The fourth-order valence-corrected chi connectivity index (χ4v) is 4.84. The van der Waals surface area contributed by atoms with Gasteiger partial charge in [-0.1, -0.05) is 61.9 Å². The predicted octanol–water partition coefficient (Wildman–Crippen LogP) is 3.66. The molecule has 1 atom stereocenters. The van der Waals surface area contributed by atoms with E-state index in [1.807, 2.05) is 71.0 Å². The van der Waals surface area contributed by atoms with E-state index in [-0.39, 0.29) is 25.0 Å². The van der Waals surface area contributed by atoms with E-state index in [1.54, 1.807) is 12.1 Å². The predicted molar refractivity (Wildman–Crippen MR) is 137 cm³/mol. The number of carbonyl (C=O) groups is 2. The SMILES string of the molecule is CCc1ccccc1N(CC(=O)N(Cc1cccc(C)c1)C(CC)C(=O)NC(C)C)S(C)(=O)=O. The molecule has 2 rings (SSSR count). The summed E-state index contributed by atoms with van der Waals surface area (Å²) >= 11 is 0. The number of nitrogens with one attached hydrogen (secondary N) is 1. The fraction of sp³-hybridized carbons (Fsp3) is 0.462. The van der Waals surface area contributed by atoms with Crippen molar-refractivity contribution in [1.29, 1.82) is 0 Å². The maximum atomic E-state index is 13.7. The zero-order valence-corrected chi connectivity index (χ0v) is 21.9. The van der Waals surface area contributed by atoms with Gasteiger partial charge in [-0.05, 0) is 50.8 Å². The van der Waals surface area contributed by atoms with Gasteiger partial charge in [-0.2, -0.15) is 0 Å². The van der Waals surface area contributed by atoms with Crippen molar-refractivity contribution < 1.29 is 18.0 Å². The van der Waals surface area contributed by atoms with Gasteiger partial charge in [-0.3, -0.25) is 13.9 Å². The summed E-state index contributed by atoms with van der Waals surface area (Å²) in [6, 6.07) is 14.1. The Hall–Kier alpha value is -2.87. The van der Waals surface area contributed by atoms with Gasteiger partial charge >= 0.3 is 0 Å². The van der Waals surface area contributed by atoms with Crippen LogP contribution in [0.3, 0.4) is 0 Å². The lowest BCUT2D eigenvalue weighted by molar-refractivity contribution is -0.140. The first-order chi connectivity index (χ1) is 16.0. The summed E-state index contributed by atoms with van der Waals surface area (Å²) in [4.78, 5) is 28.2. The van der Waals surface area contributed by atoms with E-state index < -0.39 is 22.0 Å². The molecule has 0 aliphatic rings. The largest absolute Gasteiger partial charge is 0.352 e. The lowest BCUT2D eigenvalue weighted by Crippen LogP contribution is -2.53. The van der Waals surface area contributed by atoms with Gasteiger partial charge < -0.3 is 10.2 Å². The first kappa shape index (κ1) is 27.4. The molecule has 0 radical (unpaired) electrons. The van der Waals surface area contributed by atoms with E-state index in [4.69, 9.17) is 0 Å². The van der Waals surface area contributed by atoms with E-state index in [0.717, 1.165) is 27.3 Å². The van der Waals surface area contributed by atoms with E-state index in [0.29, 0.717) is 18.5 Å². The third kappa shape index (κ3) is 7.32. The molecule has 0 saturated carbocycles. The molecular formula is C26H37N3O4S. The van der Waals surface area contributed by atoms with Crippen molar-refractivity contribution >= 4 is 27.5 Å². The standard InChI is InChI=1S/C26H37N3O4S/c1-7-22-14-9-10-15-24(22)29(34(6,32)33)18-25(30)28(17-21-13-11-12-20(5)16-21)23(8-2)26(31)27-19(3)4/h9-16,19,23H,7-8,17-18H2,1-6H3,(H,27,31). The number of amides is 2. The second kappa shape index (κ2) is 12.0. The number of aryl methyl sites for hydroxylation is 2. The van der Waals surface area contributed by atoms with E-state index >= 15 is 0 Å². The minimum atomic E-state index is -3.75. The van der Waals surface area contributed by atoms with Gasteiger partial charge in [-0.15, -0.1) is 0 Å². The lowest BCUT2D eigenvalue weighted by atomic mass is 10.1. The van der Waals surface area contributed by atoms with Crippen LogP contribution in [0.4, 0.5) is 5.69 Å². The summed E-state index contributed by atoms with van der Waals surface area (Å²) in [7, 11) is -3.75. The zero-order valence-electron chi connectivity index (χ0n) is 21.0. The number of hydrogen-bond donors (Lipinski definition) is 1. The van der Waals surface area contributed by atoms with E-state index in [9.17, 15) is 18.0 Å². The quantitative estimate of drug-likeness (QED) is 0.524. The molecule has 0 fully saturated rings. The van der Waals surface area contributed by atoms with Crippen LogP contribution in [-0.4, -0.2) is 50.0 Å². The van der Waals surface area contributed by atoms with Crippen LogP contribution >= 0.6 is 0 Å². The van der Waals surface area contributed by atoms with Crippen LogP contribution < -0.4 is 9.62 Å². The molecule has 2 amide bonds. The fourth-order valence-electron chi connectivity index (χ4n) is 3.96. The molecule has 0 aliphatic carbocycles. The molecule has 1 N–H and O–H groups in total. The summed E-state index contributed by atoms with van der Waals surface area (Å²) in [5.41, 5.74) is 3.23. The number of rotatable bonds is 11. The first-order valence-corrected chi connectivity index (χ1v) is 13.5. The number of anilines is 1. The minimum Gasteiger partial charge on any atom is -0.352 e. The molecule has 1 unspecified atom stereocenters. The molecule has 186 valence electrons. The number of nitrogens with zero attached hydrogens (tertiary/aromatic N) is 2. The van der Waals surface area contributed by atoms with E-state index in [1.165, 1.54) is 4.90 Å². The Morgan fingerprint density at radius 3 is 2.26 bits per heavy atom. The molecule has 7 nitrogen and oxygen atoms in total. The Balaban J connectivity index is 2.48. The molecule has 0 aliphatic heterocycles. The van der Waals surface area contributed by atoms with Crippen LogP contribution in [0, 0.1) is 6.92 Å². The highest BCUT2D eigenvalue weighted by Gasteiger charge is 2.32. The maximum absolute atomic E-state index is 13.7.